The highest BCUT2D eigenvalue weighted by Gasteiger charge is 2.25. The molecule has 3 N–H and O–H groups in total. The van der Waals surface area contributed by atoms with Crippen LogP contribution >= 0.6 is 0 Å². The van der Waals surface area contributed by atoms with Crippen molar-refractivity contribution in [3.05, 3.63) is 23.8 Å². The molecule has 1 aromatic rings. The zero-order valence-corrected chi connectivity index (χ0v) is 12.8. The van der Waals surface area contributed by atoms with Gasteiger partial charge in [0.1, 0.15) is 6.04 Å². The lowest BCUT2D eigenvalue weighted by Gasteiger charge is -2.15. The van der Waals surface area contributed by atoms with Gasteiger partial charge in [0.2, 0.25) is 15.9 Å². The SMILES string of the molecule is CC[C@H](NS(=O)(=O)c1cc(NC(C)=O)ccc1C)C(=O)O. The van der Waals surface area contributed by atoms with Crippen molar-refractivity contribution in [3.8, 4) is 0 Å². The highest BCUT2D eigenvalue weighted by molar-refractivity contribution is 7.89. The van der Waals surface area contributed by atoms with Gasteiger partial charge in [-0.15, -0.1) is 0 Å². The first-order valence-electron chi connectivity index (χ1n) is 6.30. The van der Waals surface area contributed by atoms with E-state index in [0.29, 0.717) is 11.3 Å². The summed E-state index contributed by atoms with van der Waals surface area (Å²) >= 11 is 0. The molecule has 0 aliphatic heterocycles. The molecule has 7 nitrogen and oxygen atoms in total. The zero-order valence-electron chi connectivity index (χ0n) is 12.0. The second-order valence-corrected chi connectivity index (χ2v) is 6.26. The number of anilines is 1. The number of amides is 1. The first kappa shape index (κ1) is 17.1. The number of carbonyl (C=O) groups excluding carboxylic acids is 1. The summed E-state index contributed by atoms with van der Waals surface area (Å²) in [4.78, 5) is 21.9. The minimum absolute atomic E-state index is 0.0616. The van der Waals surface area contributed by atoms with Crippen LogP contribution in [0.25, 0.3) is 0 Å². The van der Waals surface area contributed by atoms with Crippen LogP contribution in [-0.2, 0) is 19.6 Å². The number of rotatable bonds is 6. The fourth-order valence-corrected chi connectivity index (χ4v) is 3.27. The van der Waals surface area contributed by atoms with Gasteiger partial charge in [0.25, 0.3) is 0 Å². The van der Waals surface area contributed by atoms with Crippen molar-refractivity contribution in [2.45, 2.75) is 38.1 Å². The number of aryl methyl sites for hydroxylation is 1. The number of hydrogen-bond donors (Lipinski definition) is 3. The Hall–Kier alpha value is -1.93. The Kier molecular flexibility index (Phi) is 5.45. The van der Waals surface area contributed by atoms with Gasteiger partial charge in [-0.2, -0.15) is 4.72 Å². The predicted molar refractivity (Wildman–Crippen MR) is 77.5 cm³/mol. The number of carbonyl (C=O) groups is 2. The Morgan fingerprint density at radius 3 is 2.43 bits per heavy atom. The van der Waals surface area contributed by atoms with Crippen molar-refractivity contribution < 1.29 is 23.1 Å². The molecular weight excluding hydrogens is 296 g/mol. The Bertz CT molecular complexity index is 655. The molecule has 0 aliphatic rings. The van der Waals surface area contributed by atoms with E-state index < -0.39 is 22.0 Å². The largest absolute Gasteiger partial charge is 0.480 e. The number of sulfonamides is 1. The molecule has 8 heteroatoms. The van der Waals surface area contributed by atoms with Crippen LogP contribution in [0.2, 0.25) is 0 Å². The number of nitrogens with one attached hydrogen (secondary N) is 2. The topological polar surface area (TPSA) is 113 Å². The molecule has 1 amide bonds. The van der Waals surface area contributed by atoms with Crippen LogP contribution in [0.4, 0.5) is 5.69 Å². The summed E-state index contributed by atoms with van der Waals surface area (Å²) in [5, 5.41) is 11.4. The summed E-state index contributed by atoms with van der Waals surface area (Å²) in [5.41, 5.74) is 0.786. The lowest BCUT2D eigenvalue weighted by atomic mass is 10.2. The second-order valence-electron chi connectivity index (χ2n) is 4.58. The summed E-state index contributed by atoms with van der Waals surface area (Å²) in [6, 6.07) is 3.22. The molecule has 0 spiro atoms. The van der Waals surface area contributed by atoms with Gasteiger partial charge >= 0.3 is 5.97 Å². The Morgan fingerprint density at radius 2 is 1.95 bits per heavy atom. The monoisotopic (exact) mass is 314 g/mol. The third-order valence-corrected chi connectivity index (χ3v) is 4.42. The number of aliphatic carboxylic acids is 1. The lowest BCUT2D eigenvalue weighted by molar-refractivity contribution is -0.139. The van der Waals surface area contributed by atoms with Crippen LogP contribution in [0.3, 0.4) is 0 Å². The van der Waals surface area contributed by atoms with Crippen molar-refractivity contribution in [1.82, 2.24) is 4.72 Å². The number of carboxylic acids is 1. The molecule has 0 saturated carbocycles. The zero-order chi connectivity index (χ0) is 16.2. The van der Waals surface area contributed by atoms with Crippen LogP contribution < -0.4 is 10.0 Å². The van der Waals surface area contributed by atoms with Gasteiger partial charge in [0.15, 0.2) is 0 Å². The maximum atomic E-state index is 12.3. The minimum atomic E-state index is -3.99. The number of hydrogen-bond acceptors (Lipinski definition) is 4. The van der Waals surface area contributed by atoms with E-state index in [0.717, 1.165) is 0 Å². The van der Waals surface area contributed by atoms with E-state index in [-0.39, 0.29) is 17.2 Å². The molecule has 1 aromatic carbocycles. The van der Waals surface area contributed by atoms with Crippen LogP contribution in [0, 0.1) is 6.92 Å². The molecule has 0 radical (unpaired) electrons. The summed E-state index contributed by atoms with van der Waals surface area (Å²) in [6.07, 6.45) is 0.124. The molecule has 0 aliphatic carbocycles. The van der Waals surface area contributed by atoms with Crippen LogP contribution in [0.15, 0.2) is 23.1 Å². The first-order chi connectivity index (χ1) is 9.67. The van der Waals surface area contributed by atoms with E-state index in [1.807, 2.05) is 0 Å². The van der Waals surface area contributed by atoms with Gasteiger partial charge in [0.05, 0.1) is 4.90 Å². The van der Waals surface area contributed by atoms with Gasteiger partial charge in [-0.1, -0.05) is 13.0 Å². The second kappa shape index (κ2) is 6.68. The molecule has 1 atom stereocenters. The summed E-state index contributed by atoms with van der Waals surface area (Å²) in [7, 11) is -3.99. The molecule has 0 aromatic heterocycles. The van der Waals surface area contributed by atoms with Crippen molar-refractivity contribution in [1.29, 1.82) is 0 Å². The van der Waals surface area contributed by atoms with E-state index >= 15 is 0 Å². The Morgan fingerprint density at radius 1 is 1.33 bits per heavy atom. The summed E-state index contributed by atoms with van der Waals surface area (Å²) in [6.45, 7) is 4.47. The molecular formula is C13H18N2O5S. The smallest absolute Gasteiger partial charge is 0.321 e. The third-order valence-electron chi connectivity index (χ3n) is 2.80. The fourth-order valence-electron chi connectivity index (χ4n) is 1.73. The lowest BCUT2D eigenvalue weighted by Crippen LogP contribution is -2.40. The first-order valence-corrected chi connectivity index (χ1v) is 7.79. The summed E-state index contributed by atoms with van der Waals surface area (Å²) in [5.74, 6) is -1.57. The van der Waals surface area contributed by atoms with Gasteiger partial charge in [-0.3, -0.25) is 9.59 Å². The average molecular weight is 314 g/mol. The van der Waals surface area contributed by atoms with Gasteiger partial charge in [-0.25, -0.2) is 8.42 Å². The Labute approximate surface area is 123 Å². The highest BCUT2D eigenvalue weighted by atomic mass is 32.2. The van der Waals surface area contributed by atoms with Gasteiger partial charge in [0, 0.05) is 12.6 Å². The van der Waals surface area contributed by atoms with Gasteiger partial charge < -0.3 is 10.4 Å². The van der Waals surface area contributed by atoms with E-state index in [1.165, 1.54) is 13.0 Å². The number of carboxylic acid groups (broad SMARTS) is 1. The van der Waals surface area contributed by atoms with Crippen LogP contribution in [0.1, 0.15) is 25.8 Å². The average Bonchev–Trinajstić information content (AvgIpc) is 2.37. The van der Waals surface area contributed by atoms with E-state index in [4.69, 9.17) is 5.11 Å². The van der Waals surface area contributed by atoms with Crippen molar-refractivity contribution in [2.24, 2.45) is 0 Å². The predicted octanol–water partition coefficient (Wildman–Crippen LogP) is 1.09. The van der Waals surface area contributed by atoms with Gasteiger partial charge in [-0.05, 0) is 31.0 Å². The van der Waals surface area contributed by atoms with Crippen molar-refractivity contribution in [3.63, 3.8) is 0 Å². The molecule has 0 saturated heterocycles. The molecule has 0 fully saturated rings. The quantitative estimate of drug-likeness (QED) is 0.727. The Balaban J connectivity index is 3.18. The molecule has 21 heavy (non-hydrogen) atoms. The minimum Gasteiger partial charge on any atom is -0.480 e. The maximum Gasteiger partial charge on any atom is 0.321 e. The van der Waals surface area contributed by atoms with Crippen molar-refractivity contribution >= 4 is 27.6 Å². The molecule has 0 unspecified atom stereocenters. The highest BCUT2D eigenvalue weighted by Crippen LogP contribution is 2.20. The van der Waals surface area contributed by atoms with E-state index in [2.05, 4.69) is 10.0 Å². The fraction of sp³-hybridized carbons (Fsp3) is 0.385. The number of benzene rings is 1. The molecule has 116 valence electrons. The van der Waals surface area contributed by atoms with Crippen LogP contribution in [0.5, 0.6) is 0 Å². The van der Waals surface area contributed by atoms with E-state index in [1.54, 1.807) is 26.0 Å². The normalized spacial score (nSPS) is 12.7. The molecule has 1 rings (SSSR count). The van der Waals surface area contributed by atoms with Crippen molar-refractivity contribution in [2.75, 3.05) is 5.32 Å². The van der Waals surface area contributed by atoms with Crippen LogP contribution in [-0.4, -0.2) is 31.4 Å². The summed E-state index contributed by atoms with van der Waals surface area (Å²) < 4.78 is 26.7. The maximum absolute atomic E-state index is 12.3. The molecule has 0 heterocycles. The molecule has 0 bridgehead atoms. The standard InChI is InChI=1S/C13H18N2O5S/c1-4-11(13(17)18)15-21(19,20)12-7-10(14-9(3)16)6-5-8(12)2/h5-7,11,15H,4H2,1-3H3,(H,14,16)(H,17,18)/t11-/m0/s1. The van der Waals surface area contributed by atoms with E-state index in [9.17, 15) is 18.0 Å². The third kappa shape index (κ3) is 4.54.